The second-order valence-corrected chi connectivity index (χ2v) is 4.94. The van der Waals surface area contributed by atoms with Crippen molar-refractivity contribution in [1.29, 1.82) is 0 Å². The number of carbonyl (C=O) groups excluding carboxylic acids is 1. The van der Waals surface area contributed by atoms with Crippen LogP contribution in [0.4, 0.5) is 0 Å². The van der Waals surface area contributed by atoms with Crippen molar-refractivity contribution in [1.82, 2.24) is 0 Å². The van der Waals surface area contributed by atoms with Crippen LogP contribution in [0.3, 0.4) is 0 Å². The lowest BCUT2D eigenvalue weighted by atomic mass is 9.71. The third-order valence-corrected chi connectivity index (χ3v) is 4.09. The Morgan fingerprint density at radius 3 is 2.38 bits per heavy atom. The van der Waals surface area contributed by atoms with Crippen molar-refractivity contribution in [2.75, 3.05) is 7.11 Å². The first-order chi connectivity index (χ1) is 7.57. The average molecular weight is 228 g/mol. The minimum absolute atomic E-state index is 0.264. The van der Waals surface area contributed by atoms with E-state index in [1.807, 2.05) is 6.92 Å². The van der Waals surface area contributed by atoms with Gasteiger partial charge in [0.15, 0.2) is 0 Å². The molecule has 1 N–H and O–H groups in total. The molecule has 0 heterocycles. The van der Waals surface area contributed by atoms with Crippen molar-refractivity contribution in [3.05, 3.63) is 0 Å². The molecule has 0 spiro atoms. The van der Waals surface area contributed by atoms with Crippen molar-refractivity contribution in [2.24, 2.45) is 11.8 Å². The molecule has 0 bridgehead atoms. The summed E-state index contributed by atoms with van der Waals surface area (Å²) >= 11 is 0. The molecule has 16 heavy (non-hydrogen) atoms. The van der Waals surface area contributed by atoms with Crippen LogP contribution >= 0.6 is 0 Å². The molecule has 1 saturated carbocycles. The molecule has 1 aliphatic rings. The van der Waals surface area contributed by atoms with E-state index in [0.717, 1.165) is 31.6 Å². The zero-order valence-electron chi connectivity index (χ0n) is 10.7. The number of esters is 1. The zero-order chi connectivity index (χ0) is 12.2. The van der Waals surface area contributed by atoms with E-state index in [-0.39, 0.29) is 11.9 Å². The van der Waals surface area contributed by atoms with E-state index in [1.54, 1.807) is 0 Å². The van der Waals surface area contributed by atoms with Gasteiger partial charge < -0.3 is 9.84 Å². The highest BCUT2D eigenvalue weighted by Gasteiger charge is 2.43. The summed E-state index contributed by atoms with van der Waals surface area (Å²) in [5, 5.41) is 10.5. The first-order valence-electron chi connectivity index (χ1n) is 6.37. The van der Waals surface area contributed by atoms with Gasteiger partial charge in [-0.3, -0.25) is 4.79 Å². The largest absolute Gasteiger partial charge is 0.469 e. The van der Waals surface area contributed by atoms with Crippen LogP contribution in [-0.4, -0.2) is 23.8 Å². The van der Waals surface area contributed by atoms with Crippen LogP contribution in [0.1, 0.15) is 52.4 Å². The van der Waals surface area contributed by atoms with Crippen LogP contribution in [0.2, 0.25) is 0 Å². The molecule has 1 atom stereocenters. The van der Waals surface area contributed by atoms with Crippen LogP contribution in [0.5, 0.6) is 0 Å². The summed E-state index contributed by atoms with van der Waals surface area (Å²) in [6.07, 6.45) is 5.35. The Kier molecular flexibility index (Phi) is 4.78. The molecule has 0 aromatic carbocycles. The first-order valence-corrected chi connectivity index (χ1v) is 6.37. The summed E-state index contributed by atoms with van der Waals surface area (Å²) < 4.78 is 4.78. The van der Waals surface area contributed by atoms with Gasteiger partial charge in [0.25, 0.3) is 0 Å². The lowest BCUT2D eigenvalue weighted by Crippen LogP contribution is -2.45. The molecule has 1 fully saturated rings. The number of methoxy groups -OCH3 is 1. The van der Waals surface area contributed by atoms with E-state index in [4.69, 9.17) is 4.74 Å². The second-order valence-electron chi connectivity index (χ2n) is 4.94. The number of ether oxygens (including phenoxy) is 1. The second kappa shape index (κ2) is 5.67. The van der Waals surface area contributed by atoms with Crippen molar-refractivity contribution >= 4 is 5.97 Å². The maximum atomic E-state index is 11.6. The highest BCUT2D eigenvalue weighted by Crippen LogP contribution is 2.39. The number of hydrogen-bond acceptors (Lipinski definition) is 3. The predicted octanol–water partition coefficient (Wildman–Crippen LogP) is 2.52. The molecule has 3 heteroatoms. The average Bonchev–Trinajstić information content (AvgIpc) is 2.30. The molecular weight excluding hydrogens is 204 g/mol. The molecule has 0 amide bonds. The normalized spacial score (nSPS) is 32.1. The van der Waals surface area contributed by atoms with E-state index < -0.39 is 5.60 Å². The van der Waals surface area contributed by atoms with Crippen molar-refractivity contribution in [3.8, 4) is 0 Å². The van der Waals surface area contributed by atoms with Gasteiger partial charge in [0, 0.05) is 0 Å². The summed E-state index contributed by atoms with van der Waals surface area (Å²) in [6, 6.07) is 0. The number of hydrogen-bond donors (Lipinski definition) is 1. The molecule has 1 aliphatic carbocycles. The molecule has 0 saturated heterocycles. The quantitative estimate of drug-likeness (QED) is 0.752. The molecule has 1 rings (SSSR count). The molecule has 3 nitrogen and oxygen atoms in total. The highest BCUT2D eigenvalue weighted by molar-refractivity contribution is 5.73. The van der Waals surface area contributed by atoms with E-state index in [0.29, 0.717) is 6.42 Å². The summed E-state index contributed by atoms with van der Waals surface area (Å²) in [7, 11) is 1.39. The standard InChI is InChI=1S/C13H24O3/c1-4-10-6-8-13(15,9-7-10)11(5-2)12(14)16-3/h10-11,15H,4-9H2,1-3H3. The summed E-state index contributed by atoms with van der Waals surface area (Å²) in [5.74, 6) is 0.102. The van der Waals surface area contributed by atoms with Gasteiger partial charge in [0.05, 0.1) is 18.6 Å². The molecule has 94 valence electrons. The fourth-order valence-electron chi connectivity index (χ4n) is 2.84. The van der Waals surface area contributed by atoms with Gasteiger partial charge in [-0.1, -0.05) is 20.3 Å². The van der Waals surface area contributed by atoms with Gasteiger partial charge in [-0.05, 0) is 38.0 Å². The molecule has 1 unspecified atom stereocenters. The van der Waals surface area contributed by atoms with Gasteiger partial charge in [-0.15, -0.1) is 0 Å². The van der Waals surface area contributed by atoms with Crippen molar-refractivity contribution < 1.29 is 14.6 Å². The smallest absolute Gasteiger partial charge is 0.311 e. The fraction of sp³-hybridized carbons (Fsp3) is 0.923. The van der Waals surface area contributed by atoms with E-state index in [1.165, 1.54) is 13.5 Å². The SMILES string of the molecule is CCC1CCC(O)(C(CC)C(=O)OC)CC1. The van der Waals surface area contributed by atoms with Crippen LogP contribution < -0.4 is 0 Å². The van der Waals surface area contributed by atoms with Crippen LogP contribution in [0.15, 0.2) is 0 Å². The van der Waals surface area contributed by atoms with Gasteiger partial charge in [-0.2, -0.15) is 0 Å². The Bertz CT molecular complexity index is 229. The molecule has 0 aromatic heterocycles. The lowest BCUT2D eigenvalue weighted by molar-refractivity contribution is -0.159. The Balaban J connectivity index is 2.66. The number of carbonyl (C=O) groups is 1. The maximum Gasteiger partial charge on any atom is 0.311 e. The summed E-state index contributed by atoms with van der Waals surface area (Å²) in [6.45, 7) is 4.12. The van der Waals surface area contributed by atoms with E-state index >= 15 is 0 Å². The predicted molar refractivity (Wildman–Crippen MR) is 63.0 cm³/mol. The number of aliphatic hydroxyl groups is 1. The van der Waals surface area contributed by atoms with Gasteiger partial charge in [0.2, 0.25) is 0 Å². The Morgan fingerprint density at radius 2 is 2.00 bits per heavy atom. The van der Waals surface area contributed by atoms with Gasteiger partial charge in [0.1, 0.15) is 0 Å². The van der Waals surface area contributed by atoms with Crippen molar-refractivity contribution in [2.45, 2.75) is 58.0 Å². The molecule has 0 radical (unpaired) electrons. The summed E-state index contributed by atoms with van der Waals surface area (Å²) in [5.41, 5.74) is -0.826. The Labute approximate surface area is 98.2 Å². The molecule has 0 aliphatic heterocycles. The highest BCUT2D eigenvalue weighted by atomic mass is 16.5. The fourth-order valence-corrected chi connectivity index (χ4v) is 2.84. The maximum absolute atomic E-state index is 11.6. The third-order valence-electron chi connectivity index (χ3n) is 4.09. The number of rotatable bonds is 4. The van der Waals surface area contributed by atoms with Gasteiger partial charge in [-0.25, -0.2) is 0 Å². The summed E-state index contributed by atoms with van der Waals surface area (Å²) in [4.78, 5) is 11.6. The molecule has 0 aromatic rings. The minimum Gasteiger partial charge on any atom is -0.469 e. The van der Waals surface area contributed by atoms with E-state index in [9.17, 15) is 9.90 Å². The minimum atomic E-state index is -0.826. The third kappa shape index (κ3) is 2.76. The van der Waals surface area contributed by atoms with Crippen molar-refractivity contribution in [3.63, 3.8) is 0 Å². The van der Waals surface area contributed by atoms with Gasteiger partial charge >= 0.3 is 5.97 Å². The first kappa shape index (κ1) is 13.5. The van der Waals surface area contributed by atoms with Crippen LogP contribution in [0.25, 0.3) is 0 Å². The lowest BCUT2D eigenvalue weighted by Gasteiger charge is -2.39. The van der Waals surface area contributed by atoms with E-state index in [2.05, 4.69) is 6.92 Å². The topological polar surface area (TPSA) is 46.5 Å². The van der Waals surface area contributed by atoms with Crippen LogP contribution in [-0.2, 0) is 9.53 Å². The van der Waals surface area contributed by atoms with Crippen LogP contribution in [0, 0.1) is 11.8 Å². The Hall–Kier alpha value is -0.570. The Morgan fingerprint density at radius 1 is 1.44 bits per heavy atom. The zero-order valence-corrected chi connectivity index (χ0v) is 10.7. The monoisotopic (exact) mass is 228 g/mol. The molecular formula is C13H24O3.